The van der Waals surface area contributed by atoms with Crippen molar-refractivity contribution in [3.05, 3.63) is 17.3 Å². The first-order chi connectivity index (χ1) is 8.92. The van der Waals surface area contributed by atoms with Crippen LogP contribution >= 0.6 is 0 Å². The topological polar surface area (TPSA) is 81.2 Å². The first kappa shape index (κ1) is 15.7. The fourth-order valence-electron chi connectivity index (χ4n) is 2.05. The van der Waals surface area contributed by atoms with E-state index in [-0.39, 0.29) is 11.8 Å². The monoisotopic (exact) mass is 267 g/mol. The molecule has 0 spiro atoms. The summed E-state index contributed by atoms with van der Waals surface area (Å²) in [5.41, 5.74) is 6.55. The van der Waals surface area contributed by atoms with Gasteiger partial charge in [-0.3, -0.25) is 4.79 Å². The van der Waals surface area contributed by atoms with E-state index in [1.54, 1.807) is 0 Å². The molecule has 0 aliphatic carbocycles. The van der Waals surface area contributed by atoms with Crippen molar-refractivity contribution in [3.8, 4) is 0 Å². The number of carbonyl (C=O) groups is 1. The summed E-state index contributed by atoms with van der Waals surface area (Å²) in [6, 6.07) is 0. The molecule has 1 aromatic rings. The second-order valence-electron chi connectivity index (χ2n) is 5.46. The van der Waals surface area contributed by atoms with E-state index in [0.717, 1.165) is 17.9 Å². The Bertz CT molecular complexity index is 393. The molecule has 108 valence electrons. The zero-order valence-electron chi connectivity index (χ0n) is 12.3. The summed E-state index contributed by atoms with van der Waals surface area (Å²) in [5, 5.41) is 2.83. The van der Waals surface area contributed by atoms with Crippen molar-refractivity contribution in [2.75, 3.05) is 6.54 Å². The van der Waals surface area contributed by atoms with Crippen molar-refractivity contribution in [1.29, 1.82) is 0 Å². The molecule has 1 rings (SSSR count). The molecule has 1 atom stereocenters. The predicted molar refractivity (Wildman–Crippen MR) is 74.4 cm³/mol. The maximum Gasteiger partial charge on any atom is 0.220 e. The van der Waals surface area contributed by atoms with Crippen LogP contribution in [0, 0.1) is 25.7 Å². The standard InChI is InChI=1S/C14H25N3O2/c1-9(2)5-12(7-15)6-13(18)16-8-14-17-10(3)11(4)19-14/h9,12H,5-8,15H2,1-4H3,(H,16,18)/t12-/m0/s1. The lowest BCUT2D eigenvalue weighted by atomic mass is 9.94. The molecule has 0 aromatic carbocycles. The van der Waals surface area contributed by atoms with Crippen molar-refractivity contribution in [2.45, 2.75) is 47.1 Å². The second kappa shape index (κ2) is 7.28. The third-order valence-electron chi connectivity index (χ3n) is 3.12. The number of aryl methyl sites for hydroxylation is 2. The molecule has 19 heavy (non-hydrogen) atoms. The van der Waals surface area contributed by atoms with Gasteiger partial charge < -0.3 is 15.5 Å². The van der Waals surface area contributed by atoms with Crippen LogP contribution in [0.1, 0.15) is 44.0 Å². The SMILES string of the molecule is Cc1nc(CNC(=O)C[C@@H](CN)CC(C)C)oc1C. The van der Waals surface area contributed by atoms with Gasteiger partial charge in [-0.15, -0.1) is 0 Å². The van der Waals surface area contributed by atoms with Crippen molar-refractivity contribution >= 4 is 5.91 Å². The summed E-state index contributed by atoms with van der Waals surface area (Å²) in [4.78, 5) is 16.0. The van der Waals surface area contributed by atoms with Crippen molar-refractivity contribution in [3.63, 3.8) is 0 Å². The predicted octanol–water partition coefficient (Wildman–Crippen LogP) is 1.92. The van der Waals surface area contributed by atoms with Crippen LogP contribution in [0.25, 0.3) is 0 Å². The van der Waals surface area contributed by atoms with Gasteiger partial charge in [-0.1, -0.05) is 13.8 Å². The summed E-state index contributed by atoms with van der Waals surface area (Å²) in [6.45, 7) is 8.91. The fraction of sp³-hybridized carbons (Fsp3) is 0.714. The van der Waals surface area contributed by atoms with E-state index in [1.807, 2.05) is 13.8 Å². The largest absolute Gasteiger partial charge is 0.444 e. The Kier molecular flexibility index (Phi) is 6.02. The maximum absolute atomic E-state index is 11.8. The molecule has 3 N–H and O–H groups in total. The van der Waals surface area contributed by atoms with Crippen LogP contribution in [0.4, 0.5) is 0 Å². The lowest BCUT2D eigenvalue weighted by Gasteiger charge is -2.16. The third kappa shape index (κ3) is 5.42. The highest BCUT2D eigenvalue weighted by Crippen LogP contribution is 2.14. The van der Waals surface area contributed by atoms with Crippen LogP contribution in [0.3, 0.4) is 0 Å². The highest BCUT2D eigenvalue weighted by Gasteiger charge is 2.14. The molecule has 0 bridgehead atoms. The Labute approximate surface area is 115 Å². The summed E-state index contributed by atoms with van der Waals surface area (Å²) >= 11 is 0. The smallest absolute Gasteiger partial charge is 0.220 e. The van der Waals surface area contributed by atoms with Crippen LogP contribution < -0.4 is 11.1 Å². The minimum atomic E-state index is 0.00426. The summed E-state index contributed by atoms with van der Waals surface area (Å²) in [6.07, 6.45) is 1.44. The maximum atomic E-state index is 11.8. The minimum Gasteiger partial charge on any atom is -0.444 e. The highest BCUT2D eigenvalue weighted by molar-refractivity contribution is 5.76. The van der Waals surface area contributed by atoms with E-state index in [1.165, 1.54) is 0 Å². The summed E-state index contributed by atoms with van der Waals surface area (Å²) in [7, 11) is 0. The number of nitrogens with one attached hydrogen (secondary N) is 1. The Morgan fingerprint density at radius 2 is 2.11 bits per heavy atom. The number of amides is 1. The van der Waals surface area contributed by atoms with Gasteiger partial charge in [-0.2, -0.15) is 0 Å². The van der Waals surface area contributed by atoms with Gasteiger partial charge in [0.05, 0.1) is 12.2 Å². The number of oxazole rings is 1. The summed E-state index contributed by atoms with van der Waals surface area (Å²) < 4.78 is 5.41. The van der Waals surface area contributed by atoms with Gasteiger partial charge in [0.25, 0.3) is 0 Å². The van der Waals surface area contributed by atoms with Gasteiger partial charge >= 0.3 is 0 Å². The Morgan fingerprint density at radius 1 is 1.42 bits per heavy atom. The van der Waals surface area contributed by atoms with Crippen LogP contribution in [0.5, 0.6) is 0 Å². The Balaban J connectivity index is 2.38. The molecule has 0 radical (unpaired) electrons. The van der Waals surface area contributed by atoms with Crippen LogP contribution in [0.2, 0.25) is 0 Å². The summed E-state index contributed by atoms with van der Waals surface area (Å²) in [5.74, 6) is 2.15. The Morgan fingerprint density at radius 3 is 2.58 bits per heavy atom. The molecule has 0 aliphatic rings. The normalized spacial score (nSPS) is 12.7. The number of hydrogen-bond donors (Lipinski definition) is 2. The van der Waals surface area contributed by atoms with Crippen LogP contribution in [-0.4, -0.2) is 17.4 Å². The molecule has 0 saturated heterocycles. The second-order valence-corrected chi connectivity index (χ2v) is 5.46. The lowest BCUT2D eigenvalue weighted by molar-refractivity contribution is -0.122. The molecule has 1 amide bonds. The van der Waals surface area contributed by atoms with Gasteiger partial charge in [-0.05, 0) is 38.6 Å². The fourth-order valence-corrected chi connectivity index (χ4v) is 2.05. The zero-order valence-corrected chi connectivity index (χ0v) is 12.3. The number of nitrogens with zero attached hydrogens (tertiary/aromatic N) is 1. The lowest BCUT2D eigenvalue weighted by Crippen LogP contribution is -2.28. The number of rotatable bonds is 7. The van der Waals surface area contributed by atoms with Crippen molar-refractivity contribution < 1.29 is 9.21 Å². The van der Waals surface area contributed by atoms with Gasteiger partial charge in [0.15, 0.2) is 0 Å². The van der Waals surface area contributed by atoms with E-state index >= 15 is 0 Å². The van der Waals surface area contributed by atoms with Crippen LogP contribution in [-0.2, 0) is 11.3 Å². The minimum absolute atomic E-state index is 0.00426. The van der Waals surface area contributed by atoms with Gasteiger partial charge in [0.1, 0.15) is 5.76 Å². The number of hydrogen-bond acceptors (Lipinski definition) is 4. The Hall–Kier alpha value is -1.36. The highest BCUT2D eigenvalue weighted by atomic mass is 16.4. The third-order valence-corrected chi connectivity index (χ3v) is 3.12. The first-order valence-corrected chi connectivity index (χ1v) is 6.82. The van der Waals surface area contributed by atoms with Crippen molar-refractivity contribution in [1.82, 2.24) is 10.3 Å². The van der Waals surface area contributed by atoms with Gasteiger partial charge in [0, 0.05) is 6.42 Å². The molecular formula is C14H25N3O2. The molecule has 5 nitrogen and oxygen atoms in total. The average molecular weight is 267 g/mol. The first-order valence-electron chi connectivity index (χ1n) is 6.82. The van der Waals surface area contributed by atoms with E-state index in [4.69, 9.17) is 10.2 Å². The quantitative estimate of drug-likeness (QED) is 0.790. The van der Waals surface area contributed by atoms with Crippen molar-refractivity contribution in [2.24, 2.45) is 17.6 Å². The number of carbonyl (C=O) groups excluding carboxylic acids is 1. The number of aromatic nitrogens is 1. The molecular weight excluding hydrogens is 242 g/mol. The molecule has 5 heteroatoms. The van der Waals surface area contributed by atoms with E-state index in [0.29, 0.717) is 31.3 Å². The molecule has 1 aromatic heterocycles. The molecule has 0 saturated carbocycles. The van der Waals surface area contributed by atoms with Gasteiger partial charge in [-0.25, -0.2) is 4.98 Å². The van der Waals surface area contributed by atoms with E-state index < -0.39 is 0 Å². The van der Waals surface area contributed by atoms with E-state index in [2.05, 4.69) is 24.1 Å². The molecule has 0 aliphatic heterocycles. The van der Waals surface area contributed by atoms with Crippen LogP contribution in [0.15, 0.2) is 4.42 Å². The van der Waals surface area contributed by atoms with E-state index in [9.17, 15) is 4.79 Å². The molecule has 0 unspecified atom stereocenters. The van der Waals surface area contributed by atoms with Gasteiger partial charge in [0.2, 0.25) is 11.8 Å². The molecule has 1 heterocycles. The zero-order chi connectivity index (χ0) is 14.4. The average Bonchev–Trinajstić information content (AvgIpc) is 2.65. The molecule has 0 fully saturated rings. The number of nitrogens with two attached hydrogens (primary N) is 1.